The molecule has 2 N–H and O–H groups in total. The van der Waals surface area contributed by atoms with E-state index < -0.39 is 0 Å². The molecular formula is C21H26N2O3S. The fourth-order valence-corrected chi connectivity index (χ4v) is 3.19. The molecule has 0 aliphatic carbocycles. The average Bonchev–Trinajstić information content (AvgIpc) is 2.64. The quantitative estimate of drug-likeness (QED) is 0.665. The van der Waals surface area contributed by atoms with Gasteiger partial charge in [-0.2, -0.15) is 0 Å². The maximum atomic E-state index is 12.2. The van der Waals surface area contributed by atoms with Gasteiger partial charge in [0.25, 0.3) is 0 Å². The summed E-state index contributed by atoms with van der Waals surface area (Å²) in [6.07, 6.45) is 0. The summed E-state index contributed by atoms with van der Waals surface area (Å²) in [6.45, 7) is 6.60. The van der Waals surface area contributed by atoms with Gasteiger partial charge in [-0.05, 0) is 36.6 Å². The highest BCUT2D eigenvalue weighted by molar-refractivity contribution is 8.00. The Hall–Kier alpha value is -2.47. The van der Waals surface area contributed by atoms with E-state index in [-0.39, 0.29) is 23.3 Å². The zero-order valence-corrected chi connectivity index (χ0v) is 16.8. The Balaban J connectivity index is 1.81. The number of carbonyl (C=O) groups excluding carboxylic acids is 2. The first-order valence-corrected chi connectivity index (χ1v) is 10.1. The van der Waals surface area contributed by atoms with Gasteiger partial charge in [-0.3, -0.25) is 9.59 Å². The molecule has 0 radical (unpaired) electrons. The first-order chi connectivity index (χ1) is 13.0. The number of hydrogen-bond donors (Lipinski definition) is 2. The number of ether oxygens (including phenoxy) is 1. The molecule has 0 bridgehead atoms. The summed E-state index contributed by atoms with van der Waals surface area (Å²) in [5.74, 6) is 1.09. The van der Waals surface area contributed by atoms with Gasteiger partial charge in [0, 0.05) is 5.69 Å². The van der Waals surface area contributed by atoms with E-state index in [4.69, 9.17) is 4.74 Å². The smallest absolute Gasteiger partial charge is 0.234 e. The third kappa shape index (κ3) is 6.64. The molecule has 0 heterocycles. The van der Waals surface area contributed by atoms with Crippen molar-refractivity contribution in [3.8, 4) is 5.75 Å². The van der Waals surface area contributed by atoms with Crippen LogP contribution in [-0.2, 0) is 9.59 Å². The van der Waals surface area contributed by atoms with E-state index >= 15 is 0 Å². The van der Waals surface area contributed by atoms with E-state index in [0.29, 0.717) is 24.0 Å². The molecule has 27 heavy (non-hydrogen) atoms. The van der Waals surface area contributed by atoms with E-state index in [2.05, 4.69) is 24.5 Å². The number of amides is 2. The minimum atomic E-state index is -0.164. The number of carbonyl (C=O) groups is 2. The van der Waals surface area contributed by atoms with Crippen LogP contribution in [-0.4, -0.2) is 29.9 Å². The summed E-state index contributed by atoms with van der Waals surface area (Å²) >= 11 is 1.28. The Morgan fingerprint density at radius 1 is 0.926 bits per heavy atom. The second kappa shape index (κ2) is 10.6. The number of benzene rings is 2. The van der Waals surface area contributed by atoms with Gasteiger partial charge >= 0.3 is 0 Å². The van der Waals surface area contributed by atoms with Crippen LogP contribution in [0.4, 0.5) is 11.4 Å². The Bertz CT molecular complexity index is 778. The molecule has 0 aliphatic heterocycles. The Morgan fingerprint density at radius 2 is 1.48 bits per heavy atom. The van der Waals surface area contributed by atoms with E-state index in [1.807, 2.05) is 49.4 Å². The number of hydrogen-bond acceptors (Lipinski definition) is 4. The van der Waals surface area contributed by atoms with Crippen molar-refractivity contribution in [2.75, 3.05) is 28.7 Å². The molecule has 2 amide bonds. The molecule has 0 atom stereocenters. The minimum Gasteiger partial charge on any atom is -0.492 e. The third-order valence-electron chi connectivity index (χ3n) is 3.78. The maximum Gasteiger partial charge on any atom is 0.234 e. The Morgan fingerprint density at radius 3 is 2.11 bits per heavy atom. The van der Waals surface area contributed by atoms with Crippen LogP contribution in [0.2, 0.25) is 0 Å². The molecule has 2 rings (SSSR count). The van der Waals surface area contributed by atoms with Crippen molar-refractivity contribution in [3.05, 3.63) is 54.1 Å². The van der Waals surface area contributed by atoms with Gasteiger partial charge in [0.2, 0.25) is 11.8 Å². The van der Waals surface area contributed by atoms with Crippen molar-refractivity contribution >= 4 is 35.0 Å². The lowest BCUT2D eigenvalue weighted by molar-refractivity contribution is -0.114. The van der Waals surface area contributed by atoms with Gasteiger partial charge in [-0.15, -0.1) is 11.8 Å². The number of anilines is 2. The van der Waals surface area contributed by atoms with E-state index in [1.165, 1.54) is 11.8 Å². The van der Waals surface area contributed by atoms with Crippen LogP contribution >= 0.6 is 11.8 Å². The molecule has 0 spiro atoms. The molecular weight excluding hydrogens is 360 g/mol. The normalized spacial score (nSPS) is 10.5. The standard InChI is InChI=1S/C21H26N2O3S/c1-4-26-19-12-8-7-11-18(19)23-21(25)14-27-13-20(24)22-17-10-6-5-9-16(17)15(2)3/h5-12,15H,4,13-14H2,1-3H3,(H,22,24)(H,23,25). The van der Waals surface area contributed by atoms with E-state index in [0.717, 1.165) is 11.3 Å². The molecule has 0 fully saturated rings. The van der Waals surface area contributed by atoms with Crippen molar-refractivity contribution in [1.82, 2.24) is 0 Å². The number of para-hydroxylation sites is 3. The Kier molecular flexibility index (Phi) is 8.20. The monoisotopic (exact) mass is 386 g/mol. The van der Waals surface area contributed by atoms with Crippen LogP contribution in [0.3, 0.4) is 0 Å². The summed E-state index contributed by atoms with van der Waals surface area (Å²) in [5, 5.41) is 5.76. The average molecular weight is 387 g/mol. The number of rotatable bonds is 9. The van der Waals surface area contributed by atoms with E-state index in [1.54, 1.807) is 6.07 Å². The van der Waals surface area contributed by atoms with Gasteiger partial charge in [0.15, 0.2) is 0 Å². The molecule has 5 nitrogen and oxygen atoms in total. The van der Waals surface area contributed by atoms with Crippen molar-refractivity contribution in [3.63, 3.8) is 0 Å². The molecule has 0 aliphatic rings. The fourth-order valence-electron chi connectivity index (χ4n) is 2.57. The van der Waals surface area contributed by atoms with Gasteiger partial charge < -0.3 is 15.4 Å². The fraction of sp³-hybridized carbons (Fsp3) is 0.333. The minimum absolute atomic E-state index is 0.115. The highest BCUT2D eigenvalue weighted by Crippen LogP contribution is 2.25. The van der Waals surface area contributed by atoms with Crippen molar-refractivity contribution in [1.29, 1.82) is 0 Å². The second-order valence-corrected chi connectivity index (χ2v) is 7.25. The van der Waals surface area contributed by atoms with Crippen molar-refractivity contribution < 1.29 is 14.3 Å². The van der Waals surface area contributed by atoms with Gasteiger partial charge in [-0.1, -0.05) is 44.2 Å². The lowest BCUT2D eigenvalue weighted by Crippen LogP contribution is -2.19. The van der Waals surface area contributed by atoms with Crippen molar-refractivity contribution in [2.24, 2.45) is 0 Å². The van der Waals surface area contributed by atoms with Gasteiger partial charge in [-0.25, -0.2) is 0 Å². The topological polar surface area (TPSA) is 67.4 Å². The predicted molar refractivity (Wildman–Crippen MR) is 113 cm³/mol. The zero-order valence-electron chi connectivity index (χ0n) is 16.0. The third-order valence-corrected chi connectivity index (χ3v) is 4.72. The summed E-state index contributed by atoms with van der Waals surface area (Å²) in [7, 11) is 0. The summed E-state index contributed by atoms with van der Waals surface area (Å²) in [5.41, 5.74) is 2.56. The molecule has 0 unspecified atom stereocenters. The highest BCUT2D eigenvalue weighted by Gasteiger charge is 2.11. The maximum absolute atomic E-state index is 12.2. The van der Waals surface area contributed by atoms with Crippen LogP contribution in [0.1, 0.15) is 32.3 Å². The summed E-state index contributed by atoms with van der Waals surface area (Å²) < 4.78 is 5.49. The van der Waals surface area contributed by atoms with Crippen LogP contribution < -0.4 is 15.4 Å². The van der Waals surface area contributed by atoms with Crippen LogP contribution in [0.15, 0.2) is 48.5 Å². The molecule has 144 valence electrons. The molecule has 0 saturated heterocycles. The highest BCUT2D eigenvalue weighted by atomic mass is 32.2. The molecule has 6 heteroatoms. The lowest BCUT2D eigenvalue weighted by Gasteiger charge is -2.13. The SMILES string of the molecule is CCOc1ccccc1NC(=O)CSCC(=O)Nc1ccccc1C(C)C. The van der Waals surface area contributed by atoms with Crippen LogP contribution in [0, 0.1) is 0 Å². The van der Waals surface area contributed by atoms with Crippen LogP contribution in [0.25, 0.3) is 0 Å². The Labute approximate surface area is 164 Å². The second-order valence-electron chi connectivity index (χ2n) is 6.26. The number of thioether (sulfide) groups is 1. The summed E-state index contributed by atoms with van der Waals surface area (Å²) in [4.78, 5) is 24.3. The van der Waals surface area contributed by atoms with E-state index in [9.17, 15) is 9.59 Å². The van der Waals surface area contributed by atoms with Gasteiger partial charge in [0.05, 0.1) is 23.8 Å². The molecule has 2 aromatic rings. The zero-order chi connectivity index (χ0) is 19.6. The largest absolute Gasteiger partial charge is 0.492 e. The van der Waals surface area contributed by atoms with Crippen LogP contribution in [0.5, 0.6) is 5.75 Å². The number of nitrogens with one attached hydrogen (secondary N) is 2. The predicted octanol–water partition coefficient (Wildman–Crippen LogP) is 4.52. The first kappa shape index (κ1) is 20.8. The summed E-state index contributed by atoms with van der Waals surface area (Å²) in [6, 6.07) is 15.1. The molecule has 0 saturated carbocycles. The van der Waals surface area contributed by atoms with Gasteiger partial charge in [0.1, 0.15) is 5.75 Å². The lowest BCUT2D eigenvalue weighted by atomic mass is 10.0. The molecule has 2 aromatic carbocycles. The first-order valence-electron chi connectivity index (χ1n) is 8.99. The molecule has 0 aromatic heterocycles. The van der Waals surface area contributed by atoms with Crippen molar-refractivity contribution in [2.45, 2.75) is 26.7 Å².